The minimum absolute atomic E-state index is 0.00201. The Morgan fingerprint density at radius 3 is 2.27 bits per heavy atom. The smallest absolute Gasteiger partial charge is 0.188 e. The Morgan fingerprint density at radius 2 is 1.62 bits per heavy atom. The van der Waals surface area contributed by atoms with E-state index < -0.39 is 7.92 Å². The summed E-state index contributed by atoms with van der Waals surface area (Å²) in [7, 11) is 0.985. The normalized spacial score (nSPS) is 17.2. The molecule has 0 aromatic heterocycles. The van der Waals surface area contributed by atoms with Gasteiger partial charge in [-0.2, -0.15) is 0 Å². The highest BCUT2D eigenvalue weighted by Crippen LogP contribution is 2.57. The first-order valence-corrected chi connectivity index (χ1v) is 10.5. The number of hydrogen-bond acceptors (Lipinski definition) is 2. The number of benzene rings is 2. The van der Waals surface area contributed by atoms with E-state index >= 15 is 0 Å². The highest BCUT2D eigenvalue weighted by Gasteiger charge is 2.42. The van der Waals surface area contributed by atoms with Gasteiger partial charge in [0.25, 0.3) is 0 Å². The number of hydrogen-bond donors (Lipinski definition) is 0. The van der Waals surface area contributed by atoms with Crippen LogP contribution in [-0.2, 0) is 4.74 Å². The van der Waals surface area contributed by atoms with Crippen LogP contribution in [0.15, 0.2) is 78.9 Å². The summed E-state index contributed by atoms with van der Waals surface area (Å²) in [5.41, 5.74) is 0. The molecule has 3 heteroatoms. The molecule has 0 saturated carbocycles. The van der Waals surface area contributed by atoms with Crippen LogP contribution in [0.2, 0.25) is 0 Å². The Kier molecular flexibility index (Phi) is 6.29. The van der Waals surface area contributed by atoms with Crippen molar-refractivity contribution in [2.24, 2.45) is 5.92 Å². The lowest BCUT2D eigenvalue weighted by Gasteiger charge is -2.41. The van der Waals surface area contributed by atoms with Crippen molar-refractivity contribution in [2.75, 3.05) is 13.9 Å². The first-order valence-electron chi connectivity index (χ1n) is 9.16. The van der Waals surface area contributed by atoms with E-state index in [0.717, 1.165) is 12.2 Å². The van der Waals surface area contributed by atoms with Crippen molar-refractivity contribution < 1.29 is 9.47 Å². The van der Waals surface area contributed by atoms with Gasteiger partial charge < -0.3 is 9.47 Å². The van der Waals surface area contributed by atoms with Gasteiger partial charge in [0.2, 0.25) is 0 Å². The van der Waals surface area contributed by atoms with Gasteiger partial charge in [0.1, 0.15) is 5.75 Å². The minimum atomic E-state index is -0.673. The quantitative estimate of drug-likeness (QED) is 0.483. The molecule has 0 fully saturated rings. The summed E-state index contributed by atoms with van der Waals surface area (Å²) >= 11 is 0. The average Bonchev–Trinajstić information content (AvgIpc) is 3.18. The molecule has 26 heavy (non-hydrogen) atoms. The van der Waals surface area contributed by atoms with Gasteiger partial charge in [0, 0.05) is 17.6 Å². The van der Waals surface area contributed by atoms with Crippen molar-refractivity contribution in [1.82, 2.24) is 0 Å². The van der Waals surface area contributed by atoms with Gasteiger partial charge in [-0.25, -0.2) is 0 Å². The van der Waals surface area contributed by atoms with Crippen LogP contribution in [0.1, 0.15) is 20.3 Å². The molecule has 3 rings (SSSR count). The second-order valence-corrected chi connectivity index (χ2v) is 9.05. The standard InChI is InChI=1S/C23H27O2P/c1-4-19(2)23(16-10-11-17-23)26(20-12-6-5-7-13-20)22-15-9-8-14-21(22)25-18-24-3/h5-17,19H,4,18H2,1-3H3. The molecule has 0 heterocycles. The molecular formula is C23H27O2P. The zero-order chi connectivity index (χ0) is 18.4. The summed E-state index contributed by atoms with van der Waals surface area (Å²) in [4.78, 5) is 0. The molecule has 136 valence electrons. The minimum Gasteiger partial charge on any atom is -0.467 e. The van der Waals surface area contributed by atoms with Crippen LogP contribution < -0.4 is 15.3 Å². The summed E-state index contributed by atoms with van der Waals surface area (Å²) in [6.45, 7) is 4.89. The van der Waals surface area contributed by atoms with Crippen LogP contribution in [0.4, 0.5) is 0 Å². The summed E-state index contributed by atoms with van der Waals surface area (Å²) in [5, 5.41) is 2.63. The average molecular weight is 366 g/mol. The largest absolute Gasteiger partial charge is 0.467 e. The van der Waals surface area contributed by atoms with Crippen molar-refractivity contribution in [3.8, 4) is 5.75 Å². The van der Waals surface area contributed by atoms with Gasteiger partial charge in [0.15, 0.2) is 6.79 Å². The first-order chi connectivity index (χ1) is 12.7. The summed E-state index contributed by atoms with van der Waals surface area (Å²) in [6.07, 6.45) is 10.3. The maximum atomic E-state index is 5.95. The topological polar surface area (TPSA) is 18.5 Å². The molecule has 0 spiro atoms. The van der Waals surface area contributed by atoms with Crippen molar-refractivity contribution in [1.29, 1.82) is 0 Å². The molecule has 0 amide bonds. The zero-order valence-corrected chi connectivity index (χ0v) is 16.7. The molecule has 0 radical (unpaired) electrons. The number of ether oxygens (including phenoxy) is 2. The molecule has 2 aromatic carbocycles. The van der Waals surface area contributed by atoms with Gasteiger partial charge >= 0.3 is 0 Å². The molecular weight excluding hydrogens is 339 g/mol. The van der Waals surface area contributed by atoms with E-state index in [2.05, 4.69) is 86.7 Å². The van der Waals surface area contributed by atoms with E-state index in [4.69, 9.17) is 9.47 Å². The maximum Gasteiger partial charge on any atom is 0.188 e. The summed E-state index contributed by atoms with van der Waals surface area (Å²) < 4.78 is 11.1. The molecule has 0 bridgehead atoms. The number of rotatable bonds is 8. The first kappa shape index (κ1) is 18.9. The molecule has 2 aromatic rings. The highest BCUT2D eigenvalue weighted by atomic mass is 31.1. The summed E-state index contributed by atoms with van der Waals surface area (Å²) in [5.74, 6) is 1.44. The van der Waals surface area contributed by atoms with Crippen LogP contribution in [-0.4, -0.2) is 19.1 Å². The Morgan fingerprint density at radius 1 is 0.962 bits per heavy atom. The van der Waals surface area contributed by atoms with Gasteiger partial charge in [-0.3, -0.25) is 0 Å². The second kappa shape index (κ2) is 8.66. The fourth-order valence-corrected chi connectivity index (χ4v) is 6.84. The molecule has 2 unspecified atom stereocenters. The lowest BCUT2D eigenvalue weighted by Crippen LogP contribution is -2.36. The van der Waals surface area contributed by atoms with Crippen molar-refractivity contribution in [2.45, 2.75) is 25.4 Å². The monoisotopic (exact) mass is 366 g/mol. The van der Waals surface area contributed by atoms with Crippen LogP contribution in [0.5, 0.6) is 5.75 Å². The lowest BCUT2D eigenvalue weighted by atomic mass is 9.92. The number of para-hydroxylation sites is 1. The fraction of sp³-hybridized carbons (Fsp3) is 0.304. The SMILES string of the molecule is CCC(C)C1(P(c2ccccc2)c2ccccc2OCOC)C=CC=C1. The van der Waals surface area contributed by atoms with Crippen LogP contribution in [0, 0.1) is 5.92 Å². The molecule has 2 atom stereocenters. The van der Waals surface area contributed by atoms with Crippen molar-refractivity contribution in [3.63, 3.8) is 0 Å². The maximum absolute atomic E-state index is 5.95. The fourth-order valence-electron chi connectivity index (χ4n) is 3.53. The van der Waals surface area contributed by atoms with Crippen LogP contribution >= 0.6 is 7.92 Å². The molecule has 1 aliphatic carbocycles. The van der Waals surface area contributed by atoms with E-state index in [0.29, 0.717) is 5.92 Å². The Balaban J connectivity index is 2.18. The molecule has 0 N–H and O–H groups in total. The van der Waals surface area contributed by atoms with E-state index in [1.165, 1.54) is 10.6 Å². The van der Waals surface area contributed by atoms with E-state index in [1.54, 1.807) is 7.11 Å². The third kappa shape index (κ3) is 3.63. The lowest BCUT2D eigenvalue weighted by molar-refractivity contribution is 0.0519. The van der Waals surface area contributed by atoms with Gasteiger partial charge in [-0.15, -0.1) is 0 Å². The van der Waals surface area contributed by atoms with E-state index in [-0.39, 0.29) is 11.9 Å². The Hall–Kier alpha value is -1.89. The third-order valence-corrected chi connectivity index (χ3v) is 8.26. The molecule has 2 nitrogen and oxygen atoms in total. The molecule has 0 saturated heterocycles. The molecule has 0 aliphatic heterocycles. The second-order valence-electron chi connectivity index (χ2n) is 6.60. The zero-order valence-electron chi connectivity index (χ0n) is 15.8. The van der Waals surface area contributed by atoms with Gasteiger partial charge in [-0.05, 0) is 25.2 Å². The molecule has 1 aliphatic rings. The van der Waals surface area contributed by atoms with Gasteiger partial charge in [-0.1, -0.05) is 93.1 Å². The number of methoxy groups -OCH3 is 1. The van der Waals surface area contributed by atoms with E-state index in [9.17, 15) is 0 Å². The third-order valence-electron chi connectivity index (χ3n) is 5.08. The van der Waals surface area contributed by atoms with Crippen molar-refractivity contribution in [3.05, 3.63) is 78.9 Å². The highest BCUT2D eigenvalue weighted by molar-refractivity contribution is 7.75. The number of allylic oxidation sites excluding steroid dienone is 4. The predicted molar refractivity (Wildman–Crippen MR) is 112 cm³/mol. The Bertz CT molecular complexity index is 755. The van der Waals surface area contributed by atoms with Crippen LogP contribution in [0.3, 0.4) is 0 Å². The van der Waals surface area contributed by atoms with Crippen molar-refractivity contribution >= 4 is 18.5 Å². The van der Waals surface area contributed by atoms with Gasteiger partial charge in [0.05, 0.1) is 0 Å². The predicted octanol–water partition coefficient (Wildman–Crippen LogP) is 5.01. The Labute approximate surface area is 158 Å². The van der Waals surface area contributed by atoms with Crippen LogP contribution in [0.25, 0.3) is 0 Å². The summed E-state index contributed by atoms with van der Waals surface area (Å²) in [6, 6.07) is 19.3. The van der Waals surface area contributed by atoms with E-state index in [1.807, 2.05) is 6.07 Å².